The molecule has 0 aliphatic carbocycles. The van der Waals surface area contributed by atoms with Crippen molar-refractivity contribution in [2.24, 2.45) is 0 Å². The maximum absolute atomic E-state index is 5.14. The van der Waals surface area contributed by atoms with E-state index in [2.05, 4.69) is 6.92 Å². The third kappa shape index (κ3) is 8.82. The van der Waals surface area contributed by atoms with Crippen LogP contribution in [0.3, 0.4) is 0 Å². The molecule has 0 amide bonds. The molecule has 0 saturated heterocycles. The Morgan fingerprint density at radius 3 is 2.17 bits per heavy atom. The summed E-state index contributed by atoms with van der Waals surface area (Å²) in [5.74, 6) is 0. The van der Waals surface area contributed by atoms with E-state index in [0.29, 0.717) is 0 Å². The molecule has 0 atom stereocenters. The van der Waals surface area contributed by atoms with Crippen LogP contribution in [0.2, 0.25) is 6.32 Å². The molecule has 0 aromatic carbocycles. The fraction of sp³-hybridized carbons (Fsp3) is 1.00. The van der Waals surface area contributed by atoms with E-state index in [1.165, 1.54) is 12.8 Å². The maximum atomic E-state index is 5.14. The van der Waals surface area contributed by atoms with Crippen LogP contribution in [0.15, 0.2) is 0 Å². The Labute approximate surface area is 54.8 Å². The maximum Gasteiger partial charge on any atom is 1.00 e. The molecule has 0 rings (SSSR count). The third-order valence-corrected chi connectivity index (χ3v) is 0.558. The van der Waals surface area contributed by atoms with Crippen molar-refractivity contribution in [2.75, 3.05) is 0 Å². The van der Waals surface area contributed by atoms with Gasteiger partial charge in [-0.15, -0.1) is 0 Å². The van der Waals surface area contributed by atoms with E-state index in [1.807, 2.05) is 0 Å². The van der Waals surface area contributed by atoms with Crippen LogP contribution in [-0.4, -0.2) is 7.85 Å². The van der Waals surface area contributed by atoms with Gasteiger partial charge in [-0.05, 0) is 0 Å². The van der Waals surface area contributed by atoms with Crippen molar-refractivity contribution >= 4 is 7.85 Å². The first-order chi connectivity index (χ1) is 2.41. The molecule has 0 nitrogen and oxygen atoms in total. The molecule has 0 bridgehead atoms. The Kier molecular flexibility index (Phi) is 15.0. The molecule has 0 saturated carbocycles. The number of rotatable bonds is 2. The summed E-state index contributed by atoms with van der Waals surface area (Å²) in [7, 11) is 5.14. The molecule has 0 aliphatic rings. The van der Waals surface area contributed by atoms with Crippen LogP contribution >= 0.6 is 0 Å². The van der Waals surface area contributed by atoms with Crippen molar-refractivity contribution < 1.29 is 20.3 Å². The van der Waals surface area contributed by atoms with E-state index in [9.17, 15) is 0 Å². The molecule has 2 radical (unpaired) electrons. The molecule has 6 heavy (non-hydrogen) atoms. The van der Waals surface area contributed by atoms with Crippen LogP contribution < -0.4 is 18.9 Å². The molecule has 0 heterocycles. The second-order valence-corrected chi connectivity index (χ2v) is 1.14. The third-order valence-electron chi connectivity index (χ3n) is 0.558. The first-order valence-corrected chi connectivity index (χ1v) is 2.12. The van der Waals surface area contributed by atoms with Crippen molar-refractivity contribution in [3.63, 3.8) is 0 Å². The van der Waals surface area contributed by atoms with Crippen LogP contribution in [0.4, 0.5) is 0 Å². The standard InChI is InChI=1S/C4H9B.Li.H/c1-2-3-4-5;;/h2-4H2,1H3;;/q;+1;-1. The Morgan fingerprint density at radius 2 is 2.17 bits per heavy atom. The van der Waals surface area contributed by atoms with E-state index in [0.717, 1.165) is 6.32 Å². The van der Waals surface area contributed by atoms with Gasteiger partial charge in [0.25, 0.3) is 0 Å². The van der Waals surface area contributed by atoms with Gasteiger partial charge in [0, 0.05) is 0 Å². The topological polar surface area (TPSA) is 0 Å². The fourth-order valence-electron chi connectivity index (χ4n) is 0.204. The molecular weight excluding hydrogens is 65.8 g/mol. The summed E-state index contributed by atoms with van der Waals surface area (Å²) in [6.07, 6.45) is 3.23. The Hall–Kier alpha value is 0.662. The van der Waals surface area contributed by atoms with Gasteiger partial charge in [0.2, 0.25) is 0 Å². The molecule has 0 aromatic rings. The number of unbranched alkanes of at least 4 members (excludes halogenated alkanes) is 1. The zero-order valence-corrected chi connectivity index (χ0v) is 4.70. The van der Waals surface area contributed by atoms with Gasteiger partial charge in [-0.3, -0.25) is 0 Å². The van der Waals surface area contributed by atoms with E-state index in [4.69, 9.17) is 7.85 Å². The molecule has 0 fully saturated rings. The summed E-state index contributed by atoms with van der Waals surface area (Å²) in [4.78, 5) is 0. The Balaban J connectivity index is -0.0000000800. The average molecular weight is 75.9 g/mol. The summed E-state index contributed by atoms with van der Waals surface area (Å²) >= 11 is 0. The molecule has 0 spiro atoms. The summed E-state index contributed by atoms with van der Waals surface area (Å²) in [5, 5.41) is 0. The average Bonchev–Trinajstić information content (AvgIpc) is 1.41. The second-order valence-electron chi connectivity index (χ2n) is 1.14. The monoisotopic (exact) mass is 76.1 g/mol. The molecule has 0 aromatic heterocycles. The van der Waals surface area contributed by atoms with Gasteiger partial charge in [-0.1, -0.05) is 26.1 Å². The number of hydrogen-bond acceptors (Lipinski definition) is 0. The van der Waals surface area contributed by atoms with Crippen LogP contribution in [0.25, 0.3) is 0 Å². The van der Waals surface area contributed by atoms with Gasteiger partial charge in [0.15, 0.2) is 0 Å². The SMILES string of the molecule is [B]CCCC.[H-].[Li+]. The summed E-state index contributed by atoms with van der Waals surface area (Å²) in [5.41, 5.74) is 0. The van der Waals surface area contributed by atoms with Crippen LogP contribution in [0.1, 0.15) is 21.2 Å². The van der Waals surface area contributed by atoms with Crippen molar-refractivity contribution in [1.82, 2.24) is 0 Å². The van der Waals surface area contributed by atoms with Crippen molar-refractivity contribution in [3.8, 4) is 0 Å². The Bertz CT molecular complexity index is 19.2. The first-order valence-electron chi connectivity index (χ1n) is 2.12. The molecule has 0 unspecified atom stereocenters. The molecule has 0 N–H and O–H groups in total. The summed E-state index contributed by atoms with van der Waals surface area (Å²) in [6.45, 7) is 2.13. The smallest absolute Gasteiger partial charge is 1.00 e. The summed E-state index contributed by atoms with van der Waals surface area (Å²) < 4.78 is 0. The van der Waals surface area contributed by atoms with Gasteiger partial charge >= 0.3 is 18.9 Å². The molecular formula is C4H10BLi. The predicted octanol–water partition coefficient (Wildman–Crippen LogP) is -1.51. The van der Waals surface area contributed by atoms with E-state index in [1.54, 1.807) is 0 Å². The van der Waals surface area contributed by atoms with E-state index < -0.39 is 0 Å². The predicted molar refractivity (Wildman–Crippen MR) is 26.6 cm³/mol. The minimum atomic E-state index is 0. The first kappa shape index (κ1) is 9.83. The number of hydrogen-bond donors (Lipinski definition) is 0. The quantitative estimate of drug-likeness (QED) is 0.351. The van der Waals surface area contributed by atoms with E-state index in [-0.39, 0.29) is 20.3 Å². The zero-order chi connectivity index (χ0) is 4.12. The molecule has 2 heteroatoms. The zero-order valence-electron chi connectivity index (χ0n) is 5.70. The Morgan fingerprint density at radius 1 is 1.67 bits per heavy atom. The summed E-state index contributed by atoms with van der Waals surface area (Å²) in [6, 6.07) is 0. The van der Waals surface area contributed by atoms with Crippen molar-refractivity contribution in [3.05, 3.63) is 0 Å². The second kappa shape index (κ2) is 9.18. The van der Waals surface area contributed by atoms with Crippen LogP contribution in [-0.2, 0) is 0 Å². The minimum absolute atomic E-state index is 0. The van der Waals surface area contributed by atoms with Crippen molar-refractivity contribution in [2.45, 2.75) is 26.1 Å². The molecule has 0 aliphatic heterocycles. The van der Waals surface area contributed by atoms with Gasteiger partial charge in [-0.2, -0.15) is 0 Å². The van der Waals surface area contributed by atoms with Crippen LogP contribution in [0, 0.1) is 0 Å². The van der Waals surface area contributed by atoms with Crippen LogP contribution in [0.5, 0.6) is 0 Å². The van der Waals surface area contributed by atoms with Crippen molar-refractivity contribution in [1.29, 1.82) is 0 Å². The molecule has 30 valence electrons. The normalized spacial score (nSPS) is 6.83. The van der Waals surface area contributed by atoms with Gasteiger partial charge in [0.05, 0.1) is 7.85 Å². The fourth-order valence-corrected chi connectivity index (χ4v) is 0.204. The van der Waals surface area contributed by atoms with E-state index >= 15 is 0 Å². The van der Waals surface area contributed by atoms with Gasteiger partial charge in [-0.25, -0.2) is 0 Å². The van der Waals surface area contributed by atoms with Gasteiger partial charge in [0.1, 0.15) is 0 Å². The van der Waals surface area contributed by atoms with Gasteiger partial charge < -0.3 is 1.43 Å². The minimum Gasteiger partial charge on any atom is -1.00 e. The largest absolute Gasteiger partial charge is 1.00 e.